The van der Waals surface area contributed by atoms with Crippen LogP contribution in [-0.2, 0) is 4.74 Å². The predicted molar refractivity (Wildman–Crippen MR) is 111 cm³/mol. The molecule has 1 fully saturated rings. The summed E-state index contributed by atoms with van der Waals surface area (Å²) in [4.78, 5) is 25.7. The first-order valence-electron chi connectivity index (χ1n) is 9.76. The van der Waals surface area contributed by atoms with Crippen molar-refractivity contribution >= 4 is 17.5 Å². The van der Waals surface area contributed by atoms with E-state index in [9.17, 15) is 4.79 Å². The van der Waals surface area contributed by atoms with Gasteiger partial charge in [-0.05, 0) is 43.5 Å². The van der Waals surface area contributed by atoms with Gasteiger partial charge in [0.05, 0.1) is 0 Å². The van der Waals surface area contributed by atoms with Crippen LogP contribution in [0.25, 0.3) is 0 Å². The fraction of sp³-hybridized carbons (Fsp3) is 0.476. The van der Waals surface area contributed by atoms with Crippen LogP contribution < -0.4 is 10.2 Å². The number of piperazine rings is 1. The van der Waals surface area contributed by atoms with E-state index < -0.39 is 0 Å². The van der Waals surface area contributed by atoms with Crippen LogP contribution in [-0.4, -0.2) is 67.2 Å². The Bertz CT molecular complexity index is 803. The minimum atomic E-state index is -0.0389. The van der Waals surface area contributed by atoms with Gasteiger partial charge in [0.1, 0.15) is 5.69 Å². The van der Waals surface area contributed by atoms with E-state index in [1.807, 2.05) is 4.90 Å². The monoisotopic (exact) mass is 383 g/mol. The molecule has 0 atom stereocenters. The molecule has 150 valence electrons. The molecule has 1 aromatic heterocycles. The number of nitrogens with zero attached hydrogens (tertiary/aromatic N) is 4. The molecule has 0 unspecified atom stereocenters. The highest BCUT2D eigenvalue weighted by atomic mass is 16.5. The molecule has 1 N–H and O–H groups in total. The van der Waals surface area contributed by atoms with Gasteiger partial charge in [0.2, 0.25) is 5.95 Å². The van der Waals surface area contributed by atoms with Crippen LogP contribution in [0.2, 0.25) is 0 Å². The third-order valence-corrected chi connectivity index (χ3v) is 5.17. The number of benzene rings is 1. The second kappa shape index (κ2) is 9.50. The number of nitrogens with one attached hydrogen (secondary N) is 1. The lowest BCUT2D eigenvalue weighted by molar-refractivity contribution is 0.0741. The second-order valence-corrected chi connectivity index (χ2v) is 7.04. The molecular formula is C21H29N5O2. The number of carbonyl (C=O) groups is 1. The Hall–Kier alpha value is -2.67. The molecule has 1 aliphatic rings. The zero-order valence-electron chi connectivity index (χ0n) is 16.9. The number of aromatic nitrogens is 2. The maximum Gasteiger partial charge on any atom is 0.272 e. The number of amides is 1. The number of ether oxygens (including phenoxy) is 1. The predicted octanol–water partition coefficient (Wildman–Crippen LogP) is 2.50. The summed E-state index contributed by atoms with van der Waals surface area (Å²) in [5, 5.41) is 3.14. The van der Waals surface area contributed by atoms with Crippen molar-refractivity contribution in [3.8, 4) is 0 Å². The number of rotatable bonds is 7. The van der Waals surface area contributed by atoms with Crippen molar-refractivity contribution in [2.75, 3.05) is 56.7 Å². The molecule has 1 aliphatic heterocycles. The highest BCUT2D eigenvalue weighted by molar-refractivity contribution is 5.92. The van der Waals surface area contributed by atoms with Gasteiger partial charge in [0.25, 0.3) is 5.91 Å². The van der Waals surface area contributed by atoms with Gasteiger partial charge in [-0.2, -0.15) is 0 Å². The third kappa shape index (κ3) is 4.78. The van der Waals surface area contributed by atoms with Crippen LogP contribution in [0.1, 0.15) is 28.0 Å². The standard InChI is InChI=1S/C21H29N5O2/c1-16-6-4-7-19(17(16)2)25-11-13-26(14-12-25)20(27)18-8-10-23-21(24-18)22-9-5-15-28-3/h4,6-8,10H,5,9,11-15H2,1-3H3,(H,22,23,24). The minimum absolute atomic E-state index is 0.0389. The second-order valence-electron chi connectivity index (χ2n) is 7.04. The highest BCUT2D eigenvalue weighted by Crippen LogP contribution is 2.24. The van der Waals surface area contributed by atoms with Gasteiger partial charge in [-0.3, -0.25) is 4.79 Å². The quantitative estimate of drug-likeness (QED) is 0.741. The number of hydrogen-bond donors (Lipinski definition) is 1. The number of methoxy groups -OCH3 is 1. The number of carbonyl (C=O) groups excluding carboxylic acids is 1. The third-order valence-electron chi connectivity index (χ3n) is 5.17. The first kappa shape index (κ1) is 20.1. The molecule has 2 aromatic rings. The molecule has 0 bridgehead atoms. The Morgan fingerprint density at radius 3 is 2.71 bits per heavy atom. The Balaban J connectivity index is 1.58. The number of anilines is 2. The number of hydrogen-bond acceptors (Lipinski definition) is 6. The topological polar surface area (TPSA) is 70.6 Å². The molecule has 1 aromatic carbocycles. The lowest BCUT2D eigenvalue weighted by Crippen LogP contribution is -2.49. The summed E-state index contributed by atoms with van der Waals surface area (Å²) in [7, 11) is 1.68. The molecule has 28 heavy (non-hydrogen) atoms. The maximum absolute atomic E-state index is 12.9. The lowest BCUT2D eigenvalue weighted by atomic mass is 10.1. The van der Waals surface area contributed by atoms with Gasteiger partial charge < -0.3 is 19.9 Å². The first-order valence-corrected chi connectivity index (χ1v) is 9.76. The smallest absolute Gasteiger partial charge is 0.272 e. The van der Waals surface area contributed by atoms with Crippen molar-refractivity contribution in [3.05, 3.63) is 47.3 Å². The fourth-order valence-corrected chi connectivity index (χ4v) is 3.37. The first-order chi connectivity index (χ1) is 13.6. The van der Waals surface area contributed by atoms with E-state index in [-0.39, 0.29) is 5.91 Å². The van der Waals surface area contributed by atoms with Gasteiger partial charge >= 0.3 is 0 Å². The highest BCUT2D eigenvalue weighted by Gasteiger charge is 2.24. The molecule has 7 nitrogen and oxygen atoms in total. The van der Waals surface area contributed by atoms with E-state index in [1.54, 1.807) is 19.4 Å². The normalized spacial score (nSPS) is 14.2. The number of aryl methyl sites for hydroxylation is 1. The minimum Gasteiger partial charge on any atom is -0.385 e. The van der Waals surface area contributed by atoms with Crippen molar-refractivity contribution in [1.29, 1.82) is 0 Å². The summed E-state index contributed by atoms with van der Waals surface area (Å²) in [6.07, 6.45) is 2.49. The maximum atomic E-state index is 12.9. The van der Waals surface area contributed by atoms with E-state index in [0.717, 1.165) is 19.5 Å². The zero-order chi connectivity index (χ0) is 19.9. The molecule has 0 aliphatic carbocycles. The Labute approximate surface area is 166 Å². The average molecular weight is 383 g/mol. The van der Waals surface area contributed by atoms with Crippen LogP contribution >= 0.6 is 0 Å². The molecule has 0 spiro atoms. The van der Waals surface area contributed by atoms with Crippen molar-refractivity contribution in [1.82, 2.24) is 14.9 Å². The van der Waals surface area contributed by atoms with Gasteiger partial charge in [0.15, 0.2) is 0 Å². The molecule has 1 amide bonds. The van der Waals surface area contributed by atoms with Crippen LogP contribution in [0.5, 0.6) is 0 Å². The van der Waals surface area contributed by atoms with Gasteiger partial charge in [-0.25, -0.2) is 9.97 Å². The molecule has 2 heterocycles. The Morgan fingerprint density at radius 1 is 1.18 bits per heavy atom. The van der Waals surface area contributed by atoms with Gasteiger partial charge in [-0.1, -0.05) is 12.1 Å². The van der Waals surface area contributed by atoms with E-state index in [0.29, 0.717) is 37.9 Å². The molecule has 3 rings (SSSR count). The summed E-state index contributed by atoms with van der Waals surface area (Å²) in [5.74, 6) is 0.443. The van der Waals surface area contributed by atoms with E-state index in [2.05, 4.69) is 52.2 Å². The zero-order valence-corrected chi connectivity index (χ0v) is 16.9. The largest absolute Gasteiger partial charge is 0.385 e. The Morgan fingerprint density at radius 2 is 1.96 bits per heavy atom. The van der Waals surface area contributed by atoms with Crippen molar-refractivity contribution < 1.29 is 9.53 Å². The summed E-state index contributed by atoms with van der Waals surface area (Å²) in [5.41, 5.74) is 4.30. The van der Waals surface area contributed by atoms with E-state index in [4.69, 9.17) is 4.74 Å². The molecule has 0 saturated carbocycles. The van der Waals surface area contributed by atoms with Crippen LogP contribution in [0.4, 0.5) is 11.6 Å². The van der Waals surface area contributed by atoms with Crippen molar-refractivity contribution in [3.63, 3.8) is 0 Å². The van der Waals surface area contributed by atoms with Crippen molar-refractivity contribution in [2.24, 2.45) is 0 Å². The Kier molecular flexibility index (Phi) is 6.81. The van der Waals surface area contributed by atoms with Crippen LogP contribution in [0.3, 0.4) is 0 Å². The summed E-state index contributed by atoms with van der Waals surface area (Å²) in [6, 6.07) is 8.07. The lowest BCUT2D eigenvalue weighted by Gasteiger charge is -2.37. The molecular weight excluding hydrogens is 354 g/mol. The van der Waals surface area contributed by atoms with Crippen LogP contribution in [0, 0.1) is 13.8 Å². The summed E-state index contributed by atoms with van der Waals surface area (Å²) >= 11 is 0. The van der Waals surface area contributed by atoms with Crippen LogP contribution in [0.15, 0.2) is 30.5 Å². The van der Waals surface area contributed by atoms with E-state index in [1.165, 1.54) is 16.8 Å². The molecule has 1 saturated heterocycles. The van der Waals surface area contributed by atoms with Gasteiger partial charge in [0, 0.05) is 58.3 Å². The SMILES string of the molecule is COCCCNc1nccc(C(=O)N2CCN(c3cccc(C)c3C)CC2)n1. The van der Waals surface area contributed by atoms with Gasteiger partial charge in [-0.15, -0.1) is 0 Å². The molecule has 7 heteroatoms. The average Bonchev–Trinajstić information content (AvgIpc) is 2.73. The van der Waals surface area contributed by atoms with E-state index >= 15 is 0 Å². The fourth-order valence-electron chi connectivity index (χ4n) is 3.37. The molecule has 0 radical (unpaired) electrons. The van der Waals surface area contributed by atoms with Crippen molar-refractivity contribution in [2.45, 2.75) is 20.3 Å². The summed E-state index contributed by atoms with van der Waals surface area (Å²) in [6.45, 7) is 8.70. The summed E-state index contributed by atoms with van der Waals surface area (Å²) < 4.78 is 5.03.